The number of amides is 1. The molecule has 1 amide bonds. The molecule has 186 valence electrons. The Morgan fingerprint density at radius 2 is 1.72 bits per heavy atom. The fourth-order valence-corrected chi connectivity index (χ4v) is 4.94. The molecule has 0 unspecified atom stereocenters. The molecule has 5 rings (SSSR count). The van der Waals surface area contributed by atoms with Crippen molar-refractivity contribution in [3.05, 3.63) is 72.0 Å². The molecule has 0 bridgehead atoms. The molecule has 1 aliphatic carbocycles. The summed E-state index contributed by atoms with van der Waals surface area (Å²) in [4.78, 5) is 24.4. The average Bonchev–Trinajstić information content (AvgIpc) is 3.29. The maximum Gasteiger partial charge on any atom is 0.254 e. The van der Waals surface area contributed by atoms with Crippen molar-refractivity contribution in [2.45, 2.75) is 38.6 Å². The third-order valence-electron chi connectivity index (χ3n) is 6.96. The molecule has 1 saturated carbocycles. The molecule has 1 fully saturated rings. The normalized spacial score (nSPS) is 17.6. The van der Waals surface area contributed by atoms with Crippen molar-refractivity contribution in [3.8, 4) is 11.3 Å². The van der Waals surface area contributed by atoms with Crippen molar-refractivity contribution >= 4 is 28.6 Å². The van der Waals surface area contributed by atoms with Crippen LogP contribution in [0.15, 0.2) is 65.1 Å². The summed E-state index contributed by atoms with van der Waals surface area (Å²) < 4.78 is 5.85. The molecule has 2 heterocycles. The van der Waals surface area contributed by atoms with Crippen LogP contribution in [0.1, 0.15) is 41.8 Å². The number of aromatic nitrogens is 2. The standard InChI is InChI=1S/C29H33N5O2/c1-19-24(17-26(36-19)21-9-5-4-6-10-21)28(35)30-18-20-13-15-22(16-14-20)31-29-32-25-12-8-7-11-23(25)27(33-29)34(2)3/h4-12,17,20,22H,13-16,18H2,1-3H3,(H,30,35)(H,31,32,33)/t20-,22+. The fraction of sp³-hybridized carbons (Fsp3) is 0.345. The maximum atomic E-state index is 12.8. The molecule has 0 spiro atoms. The van der Waals surface area contributed by atoms with Crippen LogP contribution in [0.2, 0.25) is 0 Å². The van der Waals surface area contributed by atoms with Gasteiger partial charge in [-0.3, -0.25) is 4.79 Å². The summed E-state index contributed by atoms with van der Waals surface area (Å²) in [6.07, 6.45) is 4.14. The van der Waals surface area contributed by atoms with Gasteiger partial charge in [0.15, 0.2) is 0 Å². The number of furan rings is 1. The number of fused-ring (bicyclic) bond motifs is 1. The molecule has 0 saturated heterocycles. The molecule has 0 aliphatic heterocycles. The van der Waals surface area contributed by atoms with Crippen molar-refractivity contribution in [2.24, 2.45) is 5.92 Å². The minimum absolute atomic E-state index is 0.0699. The van der Waals surface area contributed by atoms with Crippen LogP contribution in [0.5, 0.6) is 0 Å². The zero-order valence-electron chi connectivity index (χ0n) is 21.1. The zero-order chi connectivity index (χ0) is 25.1. The van der Waals surface area contributed by atoms with Gasteiger partial charge in [0, 0.05) is 37.6 Å². The lowest BCUT2D eigenvalue weighted by Crippen LogP contribution is -2.34. The topological polar surface area (TPSA) is 83.3 Å². The Balaban J connectivity index is 1.15. The van der Waals surface area contributed by atoms with E-state index in [9.17, 15) is 4.79 Å². The van der Waals surface area contributed by atoms with E-state index < -0.39 is 0 Å². The number of carbonyl (C=O) groups excluding carboxylic acids is 1. The van der Waals surface area contributed by atoms with Crippen LogP contribution >= 0.6 is 0 Å². The second-order valence-electron chi connectivity index (χ2n) is 9.80. The van der Waals surface area contributed by atoms with Gasteiger partial charge in [-0.25, -0.2) is 4.98 Å². The number of nitrogens with zero attached hydrogens (tertiary/aromatic N) is 3. The quantitative estimate of drug-likeness (QED) is 0.353. The molecule has 7 heteroatoms. The van der Waals surface area contributed by atoms with Crippen LogP contribution < -0.4 is 15.5 Å². The van der Waals surface area contributed by atoms with Crippen LogP contribution in [0.3, 0.4) is 0 Å². The minimum Gasteiger partial charge on any atom is -0.461 e. The van der Waals surface area contributed by atoms with Gasteiger partial charge >= 0.3 is 0 Å². The average molecular weight is 484 g/mol. The summed E-state index contributed by atoms with van der Waals surface area (Å²) in [5.41, 5.74) is 2.52. The van der Waals surface area contributed by atoms with Gasteiger partial charge in [0.1, 0.15) is 17.3 Å². The highest BCUT2D eigenvalue weighted by molar-refractivity contribution is 5.96. The summed E-state index contributed by atoms with van der Waals surface area (Å²) in [6.45, 7) is 2.52. The lowest BCUT2D eigenvalue weighted by molar-refractivity contribution is 0.0941. The highest BCUT2D eigenvalue weighted by Crippen LogP contribution is 2.29. The molecule has 2 aromatic heterocycles. The number of nitrogens with one attached hydrogen (secondary N) is 2. The van der Waals surface area contributed by atoms with E-state index in [0.29, 0.717) is 35.8 Å². The second kappa shape index (κ2) is 10.4. The number of hydrogen-bond acceptors (Lipinski definition) is 6. The van der Waals surface area contributed by atoms with Crippen LogP contribution in [-0.4, -0.2) is 42.6 Å². The number of rotatable bonds is 7. The molecule has 2 N–H and O–H groups in total. The van der Waals surface area contributed by atoms with E-state index in [1.165, 1.54) is 0 Å². The van der Waals surface area contributed by atoms with Crippen molar-refractivity contribution in [2.75, 3.05) is 30.9 Å². The molecule has 0 radical (unpaired) electrons. The van der Waals surface area contributed by atoms with E-state index in [-0.39, 0.29) is 5.91 Å². The first-order chi connectivity index (χ1) is 17.5. The highest BCUT2D eigenvalue weighted by atomic mass is 16.3. The summed E-state index contributed by atoms with van der Waals surface area (Å²) in [6, 6.07) is 20.1. The summed E-state index contributed by atoms with van der Waals surface area (Å²) in [5.74, 6) is 3.36. The number of aryl methyl sites for hydroxylation is 1. The largest absolute Gasteiger partial charge is 0.461 e. The summed E-state index contributed by atoms with van der Waals surface area (Å²) in [5, 5.41) is 7.74. The predicted molar refractivity (Wildman–Crippen MR) is 144 cm³/mol. The van der Waals surface area contributed by atoms with E-state index in [1.807, 2.05) is 80.5 Å². The first kappa shape index (κ1) is 23.9. The number of benzene rings is 2. The Morgan fingerprint density at radius 3 is 2.47 bits per heavy atom. The third-order valence-corrected chi connectivity index (χ3v) is 6.96. The molecule has 4 aromatic rings. The van der Waals surface area contributed by atoms with Gasteiger partial charge in [-0.05, 0) is 56.7 Å². The van der Waals surface area contributed by atoms with Gasteiger partial charge in [0.25, 0.3) is 5.91 Å². The van der Waals surface area contributed by atoms with E-state index in [2.05, 4.69) is 16.7 Å². The Labute approximate surface area is 211 Å². The van der Waals surface area contributed by atoms with Gasteiger partial charge in [-0.1, -0.05) is 42.5 Å². The summed E-state index contributed by atoms with van der Waals surface area (Å²) >= 11 is 0. The van der Waals surface area contributed by atoms with Crippen molar-refractivity contribution < 1.29 is 9.21 Å². The molecule has 2 aromatic carbocycles. The monoisotopic (exact) mass is 483 g/mol. The predicted octanol–water partition coefficient (Wildman–Crippen LogP) is 5.66. The smallest absolute Gasteiger partial charge is 0.254 e. The van der Waals surface area contributed by atoms with Crippen LogP contribution in [0.4, 0.5) is 11.8 Å². The maximum absolute atomic E-state index is 12.8. The lowest BCUT2D eigenvalue weighted by atomic mass is 9.86. The van der Waals surface area contributed by atoms with Crippen molar-refractivity contribution in [3.63, 3.8) is 0 Å². The number of anilines is 2. The van der Waals surface area contributed by atoms with Gasteiger partial charge < -0.3 is 20.0 Å². The second-order valence-corrected chi connectivity index (χ2v) is 9.80. The first-order valence-electron chi connectivity index (χ1n) is 12.6. The van der Waals surface area contributed by atoms with Crippen molar-refractivity contribution in [1.29, 1.82) is 0 Å². The molecular weight excluding hydrogens is 450 g/mol. The minimum atomic E-state index is -0.0699. The lowest BCUT2D eigenvalue weighted by Gasteiger charge is -2.29. The SMILES string of the molecule is Cc1oc(-c2ccccc2)cc1C(=O)NC[C@H]1CC[C@@H](Nc2nc(N(C)C)c3ccccc3n2)CC1. The van der Waals surface area contributed by atoms with E-state index in [0.717, 1.165) is 53.7 Å². The van der Waals surface area contributed by atoms with Crippen LogP contribution in [0.25, 0.3) is 22.2 Å². The Morgan fingerprint density at radius 1 is 1.00 bits per heavy atom. The Kier molecular flexibility index (Phi) is 6.89. The molecule has 36 heavy (non-hydrogen) atoms. The summed E-state index contributed by atoms with van der Waals surface area (Å²) in [7, 11) is 4.01. The molecule has 0 atom stereocenters. The Bertz CT molecular complexity index is 1340. The Hall–Kier alpha value is -3.87. The van der Waals surface area contributed by atoms with Gasteiger partial charge in [-0.15, -0.1) is 0 Å². The van der Waals surface area contributed by atoms with Crippen LogP contribution in [0, 0.1) is 12.8 Å². The first-order valence-corrected chi connectivity index (χ1v) is 12.6. The highest BCUT2D eigenvalue weighted by Gasteiger charge is 2.24. The third kappa shape index (κ3) is 5.20. The van der Waals surface area contributed by atoms with Gasteiger partial charge in [-0.2, -0.15) is 4.98 Å². The van der Waals surface area contributed by atoms with Crippen molar-refractivity contribution in [1.82, 2.24) is 15.3 Å². The number of hydrogen-bond donors (Lipinski definition) is 2. The molecule has 1 aliphatic rings. The van der Waals surface area contributed by atoms with Crippen LogP contribution in [-0.2, 0) is 0 Å². The molecule has 7 nitrogen and oxygen atoms in total. The van der Waals surface area contributed by atoms with E-state index in [4.69, 9.17) is 14.4 Å². The van der Waals surface area contributed by atoms with E-state index in [1.54, 1.807) is 0 Å². The van der Waals surface area contributed by atoms with Gasteiger partial charge in [0.05, 0.1) is 11.1 Å². The van der Waals surface area contributed by atoms with E-state index >= 15 is 0 Å². The zero-order valence-corrected chi connectivity index (χ0v) is 21.1. The number of para-hydroxylation sites is 1. The fourth-order valence-electron chi connectivity index (χ4n) is 4.94. The van der Waals surface area contributed by atoms with Gasteiger partial charge in [0.2, 0.25) is 5.95 Å². The molecular formula is C29H33N5O2. The number of carbonyl (C=O) groups is 1.